The predicted octanol–water partition coefficient (Wildman–Crippen LogP) is 3.99. The number of hydrogen-bond acceptors (Lipinski definition) is 7. The third-order valence-corrected chi connectivity index (χ3v) is 9.35. The molecule has 0 N–H and O–H groups in total. The van der Waals surface area contributed by atoms with Gasteiger partial charge in [0.2, 0.25) is 10.0 Å². The van der Waals surface area contributed by atoms with Gasteiger partial charge in [-0.2, -0.15) is 4.31 Å². The van der Waals surface area contributed by atoms with Gasteiger partial charge in [0, 0.05) is 25.2 Å². The molecule has 0 saturated heterocycles. The molecule has 188 valence electrons. The Morgan fingerprint density at radius 1 is 1.09 bits per heavy atom. The van der Waals surface area contributed by atoms with Crippen molar-refractivity contribution in [2.24, 2.45) is 0 Å². The standard InChI is InChI=1S/C25H32N4O4S2/c1-17-7-14-21(33-5)22-23(17)34-25(26-22)29(16-6-15-27(2)3)24(30)18-8-12-20(13-9-18)35(31,32)28(4)19-10-11-19/h7-9,12-14,19H,6,10-11,15-16H2,1-5H3. The van der Waals surface area contributed by atoms with Crippen LogP contribution in [-0.4, -0.2) is 75.9 Å². The number of aromatic nitrogens is 1. The highest BCUT2D eigenvalue weighted by Gasteiger charge is 2.35. The molecule has 1 aliphatic rings. The van der Waals surface area contributed by atoms with E-state index in [-0.39, 0.29) is 16.8 Å². The van der Waals surface area contributed by atoms with Gasteiger partial charge in [0.05, 0.1) is 16.7 Å². The van der Waals surface area contributed by atoms with Crippen molar-refractivity contribution in [3.05, 3.63) is 47.5 Å². The fourth-order valence-corrected chi connectivity index (χ4v) is 6.43. The summed E-state index contributed by atoms with van der Waals surface area (Å²) in [5.74, 6) is 0.460. The van der Waals surface area contributed by atoms with Gasteiger partial charge in [0.15, 0.2) is 5.13 Å². The van der Waals surface area contributed by atoms with E-state index in [9.17, 15) is 13.2 Å². The maximum atomic E-state index is 13.6. The first kappa shape index (κ1) is 25.6. The highest BCUT2D eigenvalue weighted by molar-refractivity contribution is 7.89. The predicted molar refractivity (Wildman–Crippen MR) is 140 cm³/mol. The van der Waals surface area contributed by atoms with E-state index in [1.54, 1.807) is 31.2 Å². The lowest BCUT2D eigenvalue weighted by Gasteiger charge is -2.21. The normalized spacial score (nSPS) is 14.1. The Bertz CT molecular complexity index is 1320. The van der Waals surface area contributed by atoms with Crippen molar-refractivity contribution < 1.29 is 17.9 Å². The van der Waals surface area contributed by atoms with E-state index in [4.69, 9.17) is 9.72 Å². The lowest BCUT2D eigenvalue weighted by molar-refractivity contribution is 0.0986. The van der Waals surface area contributed by atoms with Crippen molar-refractivity contribution in [3.8, 4) is 5.75 Å². The summed E-state index contributed by atoms with van der Waals surface area (Å²) in [7, 11) is 3.65. The van der Waals surface area contributed by atoms with Crippen molar-refractivity contribution in [1.29, 1.82) is 0 Å². The molecule has 1 saturated carbocycles. The first-order valence-electron chi connectivity index (χ1n) is 11.6. The number of benzene rings is 2. The maximum absolute atomic E-state index is 13.6. The third-order valence-electron chi connectivity index (χ3n) is 6.21. The first-order chi connectivity index (χ1) is 16.6. The topological polar surface area (TPSA) is 83.0 Å². The molecular weight excluding hydrogens is 484 g/mol. The lowest BCUT2D eigenvalue weighted by atomic mass is 10.2. The van der Waals surface area contributed by atoms with Gasteiger partial charge in [0.1, 0.15) is 11.3 Å². The SMILES string of the molecule is COc1ccc(C)c2sc(N(CCCN(C)C)C(=O)c3ccc(S(=O)(=O)N(C)C4CC4)cc3)nc12. The van der Waals surface area contributed by atoms with Gasteiger partial charge in [-0.15, -0.1) is 0 Å². The van der Waals surface area contributed by atoms with Crippen LogP contribution in [0.25, 0.3) is 10.2 Å². The van der Waals surface area contributed by atoms with Gasteiger partial charge in [0.25, 0.3) is 5.91 Å². The van der Waals surface area contributed by atoms with Crippen molar-refractivity contribution in [3.63, 3.8) is 0 Å². The van der Waals surface area contributed by atoms with Crippen LogP contribution < -0.4 is 9.64 Å². The second kappa shape index (κ2) is 10.2. The molecule has 1 heterocycles. The molecular formula is C25H32N4O4S2. The Balaban J connectivity index is 1.66. The highest BCUT2D eigenvalue weighted by atomic mass is 32.2. The molecule has 0 radical (unpaired) electrons. The van der Waals surface area contributed by atoms with Crippen molar-refractivity contribution in [1.82, 2.24) is 14.2 Å². The van der Waals surface area contributed by atoms with E-state index in [2.05, 4.69) is 4.90 Å². The van der Waals surface area contributed by atoms with Gasteiger partial charge < -0.3 is 9.64 Å². The molecule has 10 heteroatoms. The van der Waals surface area contributed by atoms with Crippen LogP contribution in [0.2, 0.25) is 0 Å². The molecule has 8 nitrogen and oxygen atoms in total. The smallest absolute Gasteiger partial charge is 0.260 e. The Kier molecular flexibility index (Phi) is 7.46. The number of amides is 1. The number of ether oxygens (including phenoxy) is 1. The number of aryl methyl sites for hydroxylation is 1. The zero-order chi connectivity index (χ0) is 25.3. The number of sulfonamides is 1. The minimum atomic E-state index is -3.57. The molecule has 0 atom stereocenters. The number of anilines is 1. The van der Waals surface area contributed by atoms with Gasteiger partial charge in [-0.3, -0.25) is 9.69 Å². The zero-order valence-electron chi connectivity index (χ0n) is 20.8. The fraction of sp³-hybridized carbons (Fsp3) is 0.440. The summed E-state index contributed by atoms with van der Waals surface area (Å²) in [6.07, 6.45) is 2.55. The number of nitrogens with zero attached hydrogens (tertiary/aromatic N) is 4. The van der Waals surface area contributed by atoms with Gasteiger partial charge >= 0.3 is 0 Å². The Morgan fingerprint density at radius 3 is 2.37 bits per heavy atom. The second-order valence-electron chi connectivity index (χ2n) is 9.15. The van der Waals surface area contributed by atoms with Crippen LogP contribution in [-0.2, 0) is 10.0 Å². The molecule has 35 heavy (non-hydrogen) atoms. The molecule has 0 unspecified atom stereocenters. The van der Waals surface area contributed by atoms with E-state index in [0.717, 1.165) is 41.6 Å². The number of thiazole rings is 1. The minimum absolute atomic E-state index is 0.0768. The fourth-order valence-electron chi connectivity index (χ4n) is 3.93. The number of rotatable bonds is 10. The molecule has 0 spiro atoms. The average molecular weight is 517 g/mol. The number of methoxy groups -OCH3 is 1. The molecule has 2 aromatic carbocycles. The van der Waals surface area contributed by atoms with Crippen LogP contribution in [0.5, 0.6) is 5.75 Å². The van der Waals surface area contributed by atoms with E-state index >= 15 is 0 Å². The van der Waals surface area contributed by atoms with Crippen LogP contribution in [0.1, 0.15) is 35.2 Å². The van der Waals surface area contributed by atoms with E-state index in [1.807, 2.05) is 33.2 Å². The van der Waals surface area contributed by atoms with Crippen LogP contribution >= 0.6 is 11.3 Å². The number of fused-ring (bicyclic) bond motifs is 1. The Hall–Kier alpha value is -2.53. The van der Waals surface area contributed by atoms with Crippen LogP contribution in [0.3, 0.4) is 0 Å². The molecule has 4 rings (SSSR count). The van der Waals surface area contributed by atoms with E-state index < -0.39 is 10.0 Å². The Morgan fingerprint density at radius 2 is 1.77 bits per heavy atom. The number of hydrogen-bond donors (Lipinski definition) is 0. The largest absolute Gasteiger partial charge is 0.494 e. The summed E-state index contributed by atoms with van der Waals surface area (Å²) >= 11 is 1.46. The van der Waals surface area contributed by atoms with Crippen LogP contribution in [0, 0.1) is 6.92 Å². The summed E-state index contributed by atoms with van der Waals surface area (Å²) < 4.78 is 33.6. The summed E-state index contributed by atoms with van der Waals surface area (Å²) in [5.41, 5.74) is 2.23. The molecule has 0 aliphatic heterocycles. The molecule has 1 amide bonds. The zero-order valence-corrected chi connectivity index (χ0v) is 22.4. The maximum Gasteiger partial charge on any atom is 0.260 e. The first-order valence-corrected chi connectivity index (χ1v) is 13.9. The summed E-state index contributed by atoms with van der Waals surface area (Å²) in [6.45, 7) is 3.32. The molecule has 1 aliphatic carbocycles. The van der Waals surface area contributed by atoms with Crippen molar-refractivity contribution in [2.75, 3.05) is 46.2 Å². The summed E-state index contributed by atoms with van der Waals surface area (Å²) in [6, 6.07) is 10.2. The highest BCUT2D eigenvalue weighted by Crippen LogP contribution is 2.37. The monoisotopic (exact) mass is 516 g/mol. The minimum Gasteiger partial charge on any atom is -0.494 e. The number of carbonyl (C=O) groups is 1. The Labute approximate surface area is 211 Å². The van der Waals surface area contributed by atoms with Gasteiger partial charge in [-0.25, -0.2) is 13.4 Å². The summed E-state index contributed by atoms with van der Waals surface area (Å²) in [4.78, 5) is 22.4. The van der Waals surface area contributed by atoms with E-state index in [1.165, 1.54) is 27.8 Å². The number of carbonyl (C=O) groups excluding carboxylic acids is 1. The molecule has 3 aromatic rings. The molecule has 0 bridgehead atoms. The van der Waals surface area contributed by atoms with Gasteiger partial charge in [-0.1, -0.05) is 17.4 Å². The quantitative estimate of drug-likeness (QED) is 0.405. The van der Waals surface area contributed by atoms with E-state index in [0.29, 0.717) is 23.0 Å². The third kappa shape index (κ3) is 5.35. The van der Waals surface area contributed by atoms with Crippen LogP contribution in [0.15, 0.2) is 41.3 Å². The van der Waals surface area contributed by atoms with Crippen molar-refractivity contribution >= 4 is 42.6 Å². The molecule has 1 aromatic heterocycles. The summed E-state index contributed by atoms with van der Waals surface area (Å²) in [5, 5.41) is 0.599. The molecule has 1 fully saturated rings. The van der Waals surface area contributed by atoms with Gasteiger partial charge in [-0.05, 0) is 82.7 Å². The average Bonchev–Trinajstić information content (AvgIpc) is 3.59. The second-order valence-corrected chi connectivity index (χ2v) is 12.1. The van der Waals surface area contributed by atoms with Crippen molar-refractivity contribution in [2.45, 2.75) is 37.1 Å². The lowest BCUT2D eigenvalue weighted by Crippen LogP contribution is -2.33. The van der Waals surface area contributed by atoms with Crippen LogP contribution in [0.4, 0.5) is 5.13 Å².